The van der Waals surface area contributed by atoms with Crippen LogP contribution in [0.5, 0.6) is 0 Å². The standard InChI is InChI=1S/C41H44ClN3O7/c1-4-6-21-33(47)43-26(3)36(28-17-11-8-12-18-28)51-40(50)34-32-22-23-41(52-32)35(34)38(48)45(31(25-46)27-15-9-7-10-16-27)37(41)39(49)44(24-5-2)30-20-14-13-19-29(30)42/h4-5,7-20,26,31-32,34-37,46H,1-2,6,21-25H2,3H3,(H,43,47)/t26-,31+,32+,34-,35-,36-,37+,41-/m0/s1. The van der Waals surface area contributed by atoms with E-state index < -0.39 is 72.2 Å². The Hall–Kier alpha value is -4.77. The van der Waals surface area contributed by atoms with Crippen molar-refractivity contribution in [2.24, 2.45) is 11.8 Å². The van der Waals surface area contributed by atoms with Crippen LogP contribution in [0.1, 0.15) is 55.9 Å². The summed E-state index contributed by atoms with van der Waals surface area (Å²) in [7, 11) is 0. The van der Waals surface area contributed by atoms with E-state index in [9.17, 15) is 19.5 Å². The van der Waals surface area contributed by atoms with Crippen molar-refractivity contribution in [3.63, 3.8) is 0 Å². The lowest BCUT2D eigenvalue weighted by Crippen LogP contribution is -2.57. The van der Waals surface area contributed by atoms with Gasteiger partial charge in [-0.05, 0) is 49.4 Å². The minimum Gasteiger partial charge on any atom is -0.455 e. The second kappa shape index (κ2) is 15.9. The van der Waals surface area contributed by atoms with E-state index in [2.05, 4.69) is 18.5 Å². The van der Waals surface area contributed by atoms with E-state index in [1.54, 1.807) is 67.6 Å². The number of halogens is 1. The highest BCUT2D eigenvalue weighted by Crippen LogP contribution is 2.60. The molecule has 11 heteroatoms. The van der Waals surface area contributed by atoms with Crippen molar-refractivity contribution in [2.75, 3.05) is 18.1 Å². The van der Waals surface area contributed by atoms with Crippen LogP contribution in [-0.4, -0.2) is 70.6 Å². The van der Waals surface area contributed by atoms with Gasteiger partial charge in [0.05, 0.1) is 47.3 Å². The number of para-hydroxylation sites is 1. The number of nitrogens with zero attached hydrogens (tertiary/aromatic N) is 2. The van der Waals surface area contributed by atoms with Crippen LogP contribution in [0.2, 0.25) is 5.02 Å². The van der Waals surface area contributed by atoms with Crippen LogP contribution >= 0.6 is 11.6 Å². The molecule has 0 saturated carbocycles. The number of benzene rings is 3. The van der Waals surface area contributed by atoms with Crippen LogP contribution in [-0.2, 0) is 28.7 Å². The number of ether oxygens (including phenoxy) is 2. The van der Waals surface area contributed by atoms with Crippen molar-refractivity contribution in [1.82, 2.24) is 10.2 Å². The van der Waals surface area contributed by atoms with Gasteiger partial charge in [0, 0.05) is 13.0 Å². The van der Waals surface area contributed by atoms with Crippen molar-refractivity contribution in [2.45, 2.75) is 68.5 Å². The Labute approximate surface area is 309 Å². The predicted molar refractivity (Wildman–Crippen MR) is 197 cm³/mol. The van der Waals surface area contributed by atoms with E-state index in [-0.39, 0.29) is 18.9 Å². The van der Waals surface area contributed by atoms with Gasteiger partial charge in [0.15, 0.2) is 0 Å². The van der Waals surface area contributed by atoms with E-state index in [0.29, 0.717) is 41.1 Å². The fourth-order valence-corrected chi connectivity index (χ4v) is 8.44. The molecule has 3 aromatic rings. The van der Waals surface area contributed by atoms with Crippen LogP contribution in [0.25, 0.3) is 0 Å². The molecule has 0 radical (unpaired) electrons. The normalized spacial score (nSPS) is 24.8. The average molecular weight is 726 g/mol. The van der Waals surface area contributed by atoms with Gasteiger partial charge >= 0.3 is 5.97 Å². The first-order valence-electron chi connectivity index (χ1n) is 17.6. The van der Waals surface area contributed by atoms with Crippen molar-refractivity contribution in [3.05, 3.63) is 126 Å². The van der Waals surface area contributed by atoms with Crippen molar-refractivity contribution >= 4 is 41.0 Å². The summed E-state index contributed by atoms with van der Waals surface area (Å²) in [6.07, 6.45) is 3.14. The van der Waals surface area contributed by atoms with Gasteiger partial charge in [-0.1, -0.05) is 96.5 Å². The van der Waals surface area contributed by atoms with Gasteiger partial charge in [0.1, 0.15) is 17.7 Å². The minimum atomic E-state index is -1.39. The van der Waals surface area contributed by atoms with Crippen LogP contribution in [0, 0.1) is 11.8 Å². The lowest BCUT2D eigenvalue weighted by atomic mass is 9.70. The molecule has 10 nitrogen and oxygen atoms in total. The number of anilines is 1. The number of hydrogen-bond donors (Lipinski definition) is 2. The minimum absolute atomic E-state index is 0.0844. The number of rotatable bonds is 15. The number of allylic oxidation sites excluding steroid dienone is 1. The van der Waals surface area contributed by atoms with Crippen LogP contribution in [0.4, 0.5) is 5.69 Å². The Morgan fingerprint density at radius 1 is 1.04 bits per heavy atom. The summed E-state index contributed by atoms with van der Waals surface area (Å²) in [6, 6.07) is 22.3. The van der Waals surface area contributed by atoms with Gasteiger partial charge in [0.25, 0.3) is 5.91 Å². The topological polar surface area (TPSA) is 125 Å². The second-order valence-corrected chi connectivity index (χ2v) is 14.0. The molecule has 52 heavy (non-hydrogen) atoms. The first-order chi connectivity index (χ1) is 25.2. The smallest absolute Gasteiger partial charge is 0.313 e. The second-order valence-electron chi connectivity index (χ2n) is 13.6. The first kappa shape index (κ1) is 37.0. The molecular formula is C41H44ClN3O7. The zero-order valence-corrected chi connectivity index (χ0v) is 29.9. The average Bonchev–Trinajstić information content (AvgIpc) is 3.80. The summed E-state index contributed by atoms with van der Waals surface area (Å²) in [6.45, 7) is 8.92. The van der Waals surface area contributed by atoms with Crippen molar-refractivity contribution in [3.8, 4) is 0 Å². The number of hydrogen-bond acceptors (Lipinski definition) is 7. The largest absolute Gasteiger partial charge is 0.455 e. The predicted octanol–water partition coefficient (Wildman–Crippen LogP) is 5.72. The molecule has 3 saturated heterocycles. The lowest BCUT2D eigenvalue weighted by Gasteiger charge is -2.39. The van der Waals surface area contributed by atoms with E-state index in [1.165, 1.54) is 9.80 Å². The molecule has 8 atom stereocenters. The van der Waals surface area contributed by atoms with Gasteiger partial charge < -0.3 is 29.7 Å². The molecule has 3 aliphatic rings. The molecule has 3 aliphatic heterocycles. The number of esters is 1. The lowest BCUT2D eigenvalue weighted by molar-refractivity contribution is -0.162. The molecule has 0 aliphatic carbocycles. The Kier molecular flexibility index (Phi) is 11.3. The van der Waals surface area contributed by atoms with Crippen molar-refractivity contribution in [1.29, 1.82) is 0 Å². The Morgan fingerprint density at radius 2 is 1.69 bits per heavy atom. The molecule has 3 heterocycles. The summed E-state index contributed by atoms with van der Waals surface area (Å²) in [5.41, 5.74) is 0.333. The number of carbonyl (C=O) groups is 4. The van der Waals surface area contributed by atoms with Crippen molar-refractivity contribution < 1.29 is 33.8 Å². The molecule has 2 bridgehead atoms. The Morgan fingerprint density at radius 3 is 2.33 bits per heavy atom. The van der Waals surface area contributed by atoms with Crippen LogP contribution in [0.3, 0.4) is 0 Å². The molecule has 0 unspecified atom stereocenters. The number of fused-ring (bicyclic) bond motifs is 1. The molecule has 3 fully saturated rings. The highest BCUT2D eigenvalue weighted by Gasteiger charge is 2.76. The maximum atomic E-state index is 15.0. The number of amides is 3. The zero-order valence-electron chi connectivity index (χ0n) is 29.1. The third-order valence-corrected chi connectivity index (χ3v) is 10.8. The van der Waals surface area contributed by atoms with Gasteiger partial charge in [-0.2, -0.15) is 0 Å². The van der Waals surface area contributed by atoms with E-state index in [4.69, 9.17) is 21.1 Å². The van der Waals surface area contributed by atoms with Crippen LogP contribution in [0.15, 0.2) is 110 Å². The van der Waals surface area contributed by atoms with Crippen LogP contribution < -0.4 is 10.2 Å². The summed E-state index contributed by atoms with van der Waals surface area (Å²) in [5.74, 6) is -3.94. The Balaban J connectivity index is 1.39. The maximum Gasteiger partial charge on any atom is 0.313 e. The van der Waals surface area contributed by atoms with Gasteiger partial charge in [-0.3, -0.25) is 19.2 Å². The number of carbonyl (C=O) groups excluding carboxylic acids is 4. The van der Waals surface area contributed by atoms with E-state index >= 15 is 4.79 Å². The highest BCUT2D eigenvalue weighted by molar-refractivity contribution is 6.34. The summed E-state index contributed by atoms with van der Waals surface area (Å²) in [4.78, 5) is 60.1. The van der Waals surface area contributed by atoms with Gasteiger partial charge in [-0.15, -0.1) is 13.2 Å². The summed E-state index contributed by atoms with van der Waals surface area (Å²) >= 11 is 6.62. The quantitative estimate of drug-likeness (QED) is 0.152. The number of aliphatic hydroxyl groups is 1. The third-order valence-electron chi connectivity index (χ3n) is 10.4. The van der Waals surface area contributed by atoms with Gasteiger partial charge in [-0.25, -0.2) is 0 Å². The molecule has 2 N–H and O–H groups in total. The number of aliphatic hydroxyl groups excluding tert-OH is 1. The number of nitrogens with one attached hydrogen (secondary N) is 1. The monoisotopic (exact) mass is 725 g/mol. The zero-order chi connectivity index (χ0) is 37.0. The van der Waals surface area contributed by atoms with E-state index in [1.807, 2.05) is 36.4 Å². The van der Waals surface area contributed by atoms with E-state index in [0.717, 1.165) is 0 Å². The molecule has 272 valence electrons. The molecule has 3 amide bonds. The Bertz CT molecular complexity index is 1810. The maximum absolute atomic E-state index is 15.0. The molecule has 6 rings (SSSR count). The molecule has 1 spiro atoms. The fraction of sp³-hybridized carbons (Fsp3) is 0.366. The van der Waals surface area contributed by atoms with Gasteiger partial charge in [0.2, 0.25) is 11.8 Å². The molecular weight excluding hydrogens is 682 g/mol. The number of likely N-dealkylation sites (tertiary alicyclic amines) is 1. The molecule has 0 aromatic heterocycles. The fourth-order valence-electron chi connectivity index (χ4n) is 8.20. The summed E-state index contributed by atoms with van der Waals surface area (Å²) in [5, 5.41) is 14.1. The third kappa shape index (κ3) is 6.78. The summed E-state index contributed by atoms with van der Waals surface area (Å²) < 4.78 is 13.0. The highest BCUT2D eigenvalue weighted by atomic mass is 35.5. The first-order valence-corrected chi connectivity index (χ1v) is 18.0. The molecule has 3 aromatic carbocycles. The SMILES string of the molecule is C=CCCC(=O)N[C@@H](C)[C@H](OC(=O)[C@@H]1[C@H]2C(=O)N([C@H](CO)c3ccccc3)[C@H](C(=O)N(CC=C)c3ccccc3Cl)[C@]23CC[C@H]1O3)c1ccccc1.